The van der Waals surface area contributed by atoms with Crippen LogP contribution in [0.25, 0.3) is 0 Å². The number of aromatic carboxylic acids is 1. The average Bonchev–Trinajstić information content (AvgIpc) is 2.86. The summed E-state index contributed by atoms with van der Waals surface area (Å²) in [5.41, 5.74) is 2.05. The molecule has 5 heteroatoms. The van der Waals surface area contributed by atoms with Gasteiger partial charge in [-0.3, -0.25) is 4.90 Å². The molecule has 0 aliphatic carbocycles. The summed E-state index contributed by atoms with van der Waals surface area (Å²) in [6.07, 6.45) is 1.63. The predicted octanol–water partition coefficient (Wildman–Crippen LogP) is 2.99. The van der Waals surface area contributed by atoms with Crippen molar-refractivity contribution in [3.63, 3.8) is 0 Å². The third-order valence-electron chi connectivity index (χ3n) is 3.79. The van der Waals surface area contributed by atoms with Crippen molar-refractivity contribution in [1.29, 1.82) is 0 Å². The quantitative estimate of drug-likeness (QED) is 0.927. The highest BCUT2D eigenvalue weighted by molar-refractivity contribution is 5.96. The first-order chi connectivity index (χ1) is 9.95. The molecule has 0 saturated carbocycles. The smallest absolute Gasteiger partial charge is 0.335 e. The van der Waals surface area contributed by atoms with Crippen LogP contribution in [0.1, 0.15) is 43.1 Å². The summed E-state index contributed by atoms with van der Waals surface area (Å²) in [6.45, 7) is 7.43. The second-order valence-corrected chi connectivity index (χ2v) is 5.62. The standard InChI is InChI=1S/C16H22N2O3/c1-4-8-17(11(2)3)16(21)18-9-7-12-10-13(15(19)20)5-6-14(12)18/h5-6,10-11H,4,7-9H2,1-3H3,(H,19,20). The number of urea groups is 1. The van der Waals surface area contributed by atoms with Crippen molar-refractivity contribution < 1.29 is 14.7 Å². The van der Waals surface area contributed by atoms with Crippen LogP contribution in [0, 0.1) is 0 Å². The second kappa shape index (κ2) is 6.16. The van der Waals surface area contributed by atoms with Crippen molar-refractivity contribution in [2.75, 3.05) is 18.0 Å². The summed E-state index contributed by atoms with van der Waals surface area (Å²) >= 11 is 0. The van der Waals surface area contributed by atoms with E-state index in [9.17, 15) is 9.59 Å². The van der Waals surface area contributed by atoms with Crippen LogP contribution < -0.4 is 4.90 Å². The third-order valence-corrected chi connectivity index (χ3v) is 3.79. The lowest BCUT2D eigenvalue weighted by molar-refractivity contribution is 0.0697. The van der Waals surface area contributed by atoms with Gasteiger partial charge in [-0.15, -0.1) is 0 Å². The first-order valence-electron chi connectivity index (χ1n) is 7.40. The molecule has 1 N–H and O–H groups in total. The first-order valence-corrected chi connectivity index (χ1v) is 7.40. The number of hydrogen-bond donors (Lipinski definition) is 1. The van der Waals surface area contributed by atoms with Gasteiger partial charge >= 0.3 is 12.0 Å². The molecule has 1 aromatic rings. The number of nitrogens with zero attached hydrogens (tertiary/aromatic N) is 2. The van der Waals surface area contributed by atoms with Gasteiger partial charge in [-0.25, -0.2) is 9.59 Å². The van der Waals surface area contributed by atoms with Crippen LogP contribution in [0.15, 0.2) is 18.2 Å². The average molecular weight is 290 g/mol. The molecule has 1 heterocycles. The van der Waals surface area contributed by atoms with Crippen LogP contribution in [0.3, 0.4) is 0 Å². The van der Waals surface area contributed by atoms with Crippen molar-refractivity contribution in [2.45, 2.75) is 39.7 Å². The van der Waals surface area contributed by atoms with E-state index in [0.717, 1.165) is 24.2 Å². The van der Waals surface area contributed by atoms with E-state index in [1.165, 1.54) is 0 Å². The zero-order chi connectivity index (χ0) is 15.6. The number of amides is 2. The fourth-order valence-electron chi connectivity index (χ4n) is 2.70. The van der Waals surface area contributed by atoms with Crippen molar-refractivity contribution in [2.24, 2.45) is 0 Å². The minimum absolute atomic E-state index is 0.00803. The molecule has 2 rings (SSSR count). The van der Waals surface area contributed by atoms with Crippen LogP contribution in [-0.4, -0.2) is 41.1 Å². The molecule has 0 unspecified atom stereocenters. The maximum Gasteiger partial charge on any atom is 0.335 e. The first kappa shape index (κ1) is 15.4. The molecule has 114 valence electrons. The number of carboxylic acids is 1. The molecule has 2 amide bonds. The van der Waals surface area contributed by atoms with E-state index in [-0.39, 0.29) is 17.6 Å². The lowest BCUT2D eigenvalue weighted by atomic mass is 10.1. The van der Waals surface area contributed by atoms with E-state index >= 15 is 0 Å². The van der Waals surface area contributed by atoms with Gasteiger partial charge in [0.15, 0.2) is 0 Å². The Kier molecular flexibility index (Phi) is 4.50. The van der Waals surface area contributed by atoms with Gasteiger partial charge in [0.05, 0.1) is 5.56 Å². The Hall–Kier alpha value is -2.04. The lowest BCUT2D eigenvalue weighted by Crippen LogP contribution is -2.46. The van der Waals surface area contributed by atoms with Gasteiger partial charge in [-0.2, -0.15) is 0 Å². The summed E-state index contributed by atoms with van der Waals surface area (Å²) in [6, 6.07) is 5.14. The van der Waals surface area contributed by atoms with Gasteiger partial charge in [0.25, 0.3) is 0 Å². The SMILES string of the molecule is CCCN(C(=O)N1CCc2cc(C(=O)O)ccc21)C(C)C. The molecule has 1 aliphatic heterocycles. The molecule has 1 aromatic carbocycles. The van der Waals surface area contributed by atoms with E-state index in [0.29, 0.717) is 13.0 Å². The zero-order valence-corrected chi connectivity index (χ0v) is 12.8. The molecule has 0 spiro atoms. The van der Waals surface area contributed by atoms with E-state index in [4.69, 9.17) is 5.11 Å². The van der Waals surface area contributed by atoms with Gasteiger partial charge in [0, 0.05) is 24.8 Å². The van der Waals surface area contributed by atoms with Crippen LogP contribution in [0.2, 0.25) is 0 Å². The van der Waals surface area contributed by atoms with Crippen molar-refractivity contribution in [3.8, 4) is 0 Å². The Morgan fingerprint density at radius 1 is 1.38 bits per heavy atom. The van der Waals surface area contributed by atoms with Crippen LogP contribution in [0.5, 0.6) is 0 Å². The number of hydrogen-bond acceptors (Lipinski definition) is 2. The van der Waals surface area contributed by atoms with Gasteiger partial charge in [-0.05, 0) is 50.5 Å². The van der Waals surface area contributed by atoms with Crippen LogP contribution in [0.4, 0.5) is 10.5 Å². The number of fused-ring (bicyclic) bond motifs is 1. The topological polar surface area (TPSA) is 60.9 Å². The third kappa shape index (κ3) is 3.01. The zero-order valence-electron chi connectivity index (χ0n) is 12.8. The Balaban J connectivity index is 2.25. The number of carbonyl (C=O) groups is 2. The Morgan fingerprint density at radius 2 is 2.10 bits per heavy atom. The van der Waals surface area contributed by atoms with Crippen LogP contribution >= 0.6 is 0 Å². The number of carbonyl (C=O) groups excluding carboxylic acids is 1. The molecule has 0 atom stereocenters. The molecule has 0 bridgehead atoms. The van der Waals surface area contributed by atoms with E-state index in [1.807, 2.05) is 18.7 Å². The summed E-state index contributed by atoms with van der Waals surface area (Å²) < 4.78 is 0. The van der Waals surface area contributed by atoms with Gasteiger partial charge in [0.2, 0.25) is 0 Å². The van der Waals surface area contributed by atoms with Crippen LogP contribution in [-0.2, 0) is 6.42 Å². The van der Waals surface area contributed by atoms with Crippen molar-refractivity contribution in [1.82, 2.24) is 4.90 Å². The molecule has 5 nitrogen and oxygen atoms in total. The number of anilines is 1. The molecule has 0 aromatic heterocycles. The Bertz CT molecular complexity index is 554. The van der Waals surface area contributed by atoms with Crippen molar-refractivity contribution in [3.05, 3.63) is 29.3 Å². The Morgan fingerprint density at radius 3 is 2.67 bits per heavy atom. The summed E-state index contributed by atoms with van der Waals surface area (Å²) in [4.78, 5) is 27.3. The molecular weight excluding hydrogens is 268 g/mol. The molecule has 21 heavy (non-hydrogen) atoms. The van der Waals surface area contributed by atoms with E-state index in [2.05, 4.69) is 6.92 Å². The maximum absolute atomic E-state index is 12.7. The fourth-order valence-corrected chi connectivity index (χ4v) is 2.70. The highest BCUT2D eigenvalue weighted by Gasteiger charge is 2.29. The van der Waals surface area contributed by atoms with E-state index in [1.54, 1.807) is 23.1 Å². The molecule has 0 radical (unpaired) electrons. The molecule has 0 saturated heterocycles. The minimum Gasteiger partial charge on any atom is -0.478 e. The van der Waals surface area contributed by atoms with Gasteiger partial charge < -0.3 is 10.0 Å². The largest absolute Gasteiger partial charge is 0.478 e. The maximum atomic E-state index is 12.7. The molecular formula is C16H22N2O3. The fraction of sp³-hybridized carbons (Fsp3) is 0.500. The number of benzene rings is 1. The lowest BCUT2D eigenvalue weighted by Gasteiger charge is -2.31. The normalized spacial score (nSPS) is 13.4. The predicted molar refractivity (Wildman–Crippen MR) is 82.0 cm³/mol. The minimum atomic E-state index is -0.933. The number of rotatable bonds is 4. The van der Waals surface area contributed by atoms with Gasteiger partial charge in [-0.1, -0.05) is 6.92 Å². The molecule has 1 aliphatic rings. The highest BCUT2D eigenvalue weighted by Crippen LogP contribution is 2.30. The summed E-state index contributed by atoms with van der Waals surface area (Å²) in [5.74, 6) is -0.933. The van der Waals surface area contributed by atoms with Gasteiger partial charge in [0.1, 0.15) is 0 Å². The summed E-state index contributed by atoms with van der Waals surface area (Å²) in [5, 5.41) is 9.03. The molecule has 0 fully saturated rings. The van der Waals surface area contributed by atoms with Crippen molar-refractivity contribution >= 4 is 17.7 Å². The monoisotopic (exact) mass is 290 g/mol. The van der Waals surface area contributed by atoms with E-state index < -0.39 is 5.97 Å². The Labute approximate surface area is 125 Å². The number of carboxylic acid groups (broad SMARTS) is 1. The summed E-state index contributed by atoms with van der Waals surface area (Å²) in [7, 11) is 0. The second-order valence-electron chi connectivity index (χ2n) is 5.62. The highest BCUT2D eigenvalue weighted by atomic mass is 16.4.